The van der Waals surface area contributed by atoms with Gasteiger partial charge in [0.15, 0.2) is 5.82 Å². The van der Waals surface area contributed by atoms with Gasteiger partial charge in [0.2, 0.25) is 5.91 Å². The monoisotopic (exact) mass is 426 g/mol. The van der Waals surface area contributed by atoms with E-state index >= 15 is 0 Å². The van der Waals surface area contributed by atoms with Gasteiger partial charge in [0.05, 0.1) is 24.7 Å². The molecule has 0 saturated carbocycles. The van der Waals surface area contributed by atoms with Crippen LogP contribution in [0.15, 0.2) is 40.8 Å². The molecule has 1 saturated heterocycles. The van der Waals surface area contributed by atoms with Gasteiger partial charge < -0.3 is 19.4 Å². The summed E-state index contributed by atoms with van der Waals surface area (Å²) < 4.78 is 12.7. The minimum atomic E-state index is -0.450. The number of ether oxygens (including phenoxy) is 1. The standard InChI is InChI=1S/C20H22N6O5/c1-14-20(24-8-10-30-11-9-24)25(23-22-14)13-19(27)21-12-17-6-7-18(31-17)15-2-4-16(5-3-15)26(28)29/h2-7H,8-13H2,1H3,(H,21,27). The van der Waals surface area contributed by atoms with Gasteiger partial charge in [0.1, 0.15) is 23.8 Å². The van der Waals surface area contributed by atoms with Crippen molar-refractivity contribution in [1.29, 1.82) is 0 Å². The molecule has 2 aromatic heterocycles. The van der Waals surface area contributed by atoms with E-state index in [1.54, 1.807) is 28.9 Å². The quantitative estimate of drug-likeness (QED) is 0.448. The second-order valence-electron chi connectivity index (χ2n) is 7.10. The van der Waals surface area contributed by atoms with Crippen LogP contribution in [0.1, 0.15) is 11.5 Å². The summed E-state index contributed by atoms with van der Waals surface area (Å²) in [5.41, 5.74) is 1.51. The lowest BCUT2D eigenvalue weighted by molar-refractivity contribution is -0.384. The number of nitro groups is 1. The van der Waals surface area contributed by atoms with Crippen molar-refractivity contribution in [1.82, 2.24) is 20.3 Å². The molecule has 0 atom stereocenters. The van der Waals surface area contributed by atoms with Crippen molar-refractivity contribution in [3.8, 4) is 11.3 Å². The summed E-state index contributed by atoms with van der Waals surface area (Å²) in [5, 5.41) is 21.8. The highest BCUT2D eigenvalue weighted by Crippen LogP contribution is 2.24. The molecule has 1 amide bonds. The third kappa shape index (κ3) is 4.72. The van der Waals surface area contributed by atoms with Crippen molar-refractivity contribution in [2.24, 2.45) is 0 Å². The number of aromatic nitrogens is 3. The van der Waals surface area contributed by atoms with Crippen LogP contribution >= 0.6 is 0 Å². The molecule has 0 bridgehead atoms. The summed E-state index contributed by atoms with van der Waals surface area (Å²) in [6.45, 7) is 4.85. The third-order valence-corrected chi connectivity index (χ3v) is 4.96. The topological polar surface area (TPSA) is 129 Å². The molecule has 162 valence electrons. The lowest BCUT2D eigenvalue weighted by Crippen LogP contribution is -2.39. The number of hydrogen-bond acceptors (Lipinski definition) is 8. The summed E-state index contributed by atoms with van der Waals surface area (Å²) in [7, 11) is 0. The van der Waals surface area contributed by atoms with E-state index in [4.69, 9.17) is 9.15 Å². The SMILES string of the molecule is Cc1nnn(CC(=O)NCc2ccc(-c3ccc([N+](=O)[O-])cc3)o2)c1N1CCOCC1. The van der Waals surface area contributed by atoms with Crippen LogP contribution in [0.3, 0.4) is 0 Å². The van der Waals surface area contributed by atoms with E-state index in [1.165, 1.54) is 12.1 Å². The number of nitrogens with one attached hydrogen (secondary N) is 1. The van der Waals surface area contributed by atoms with Crippen LogP contribution in [-0.4, -0.2) is 52.1 Å². The number of benzene rings is 1. The Kier molecular flexibility index (Phi) is 5.94. The highest BCUT2D eigenvalue weighted by molar-refractivity contribution is 5.76. The summed E-state index contributed by atoms with van der Waals surface area (Å²) in [5.74, 6) is 1.76. The largest absolute Gasteiger partial charge is 0.459 e. The number of non-ortho nitro benzene ring substituents is 1. The summed E-state index contributed by atoms with van der Waals surface area (Å²) >= 11 is 0. The molecule has 1 fully saturated rings. The highest BCUT2D eigenvalue weighted by atomic mass is 16.6. The Labute approximate surface area is 177 Å². The number of rotatable bonds is 7. The second kappa shape index (κ2) is 8.96. The van der Waals surface area contributed by atoms with Gasteiger partial charge in [-0.2, -0.15) is 0 Å². The number of anilines is 1. The Morgan fingerprint density at radius 3 is 2.65 bits per heavy atom. The zero-order valence-electron chi connectivity index (χ0n) is 17.0. The summed E-state index contributed by atoms with van der Waals surface area (Å²) in [6, 6.07) is 9.62. The van der Waals surface area contributed by atoms with Gasteiger partial charge in [0, 0.05) is 30.8 Å². The Morgan fingerprint density at radius 2 is 1.94 bits per heavy atom. The van der Waals surface area contributed by atoms with Gasteiger partial charge >= 0.3 is 0 Å². The molecule has 1 aliphatic rings. The van der Waals surface area contributed by atoms with E-state index in [0.717, 1.165) is 30.2 Å². The first kappa shape index (κ1) is 20.5. The Hall–Kier alpha value is -3.73. The van der Waals surface area contributed by atoms with Crippen molar-refractivity contribution in [2.75, 3.05) is 31.2 Å². The van der Waals surface area contributed by atoms with Crippen LogP contribution in [0.4, 0.5) is 11.5 Å². The maximum Gasteiger partial charge on any atom is 0.269 e. The molecule has 0 aliphatic carbocycles. The van der Waals surface area contributed by atoms with Gasteiger partial charge in [-0.25, -0.2) is 4.68 Å². The minimum Gasteiger partial charge on any atom is -0.459 e. The molecule has 31 heavy (non-hydrogen) atoms. The number of amides is 1. The highest BCUT2D eigenvalue weighted by Gasteiger charge is 2.21. The molecule has 11 heteroatoms. The van der Waals surface area contributed by atoms with Crippen molar-refractivity contribution in [2.45, 2.75) is 20.0 Å². The zero-order valence-corrected chi connectivity index (χ0v) is 17.0. The number of furan rings is 1. The maximum atomic E-state index is 12.5. The molecule has 3 heterocycles. The van der Waals surface area contributed by atoms with Gasteiger partial charge in [-0.15, -0.1) is 5.10 Å². The van der Waals surface area contributed by atoms with Crippen LogP contribution in [0.25, 0.3) is 11.3 Å². The molecule has 1 aromatic carbocycles. The molecular formula is C20H22N6O5. The molecule has 4 rings (SSSR count). The maximum absolute atomic E-state index is 12.5. The van der Waals surface area contributed by atoms with Gasteiger partial charge in [-0.1, -0.05) is 5.21 Å². The van der Waals surface area contributed by atoms with Crippen molar-refractivity contribution in [3.63, 3.8) is 0 Å². The molecule has 1 N–H and O–H groups in total. The number of carbonyl (C=O) groups excluding carboxylic acids is 1. The summed E-state index contributed by atoms with van der Waals surface area (Å²) in [4.78, 5) is 24.9. The molecular weight excluding hydrogens is 404 g/mol. The fraction of sp³-hybridized carbons (Fsp3) is 0.350. The minimum absolute atomic E-state index is 0.0163. The van der Waals surface area contributed by atoms with E-state index in [1.807, 2.05) is 6.92 Å². The number of nitro benzene ring substituents is 1. The smallest absolute Gasteiger partial charge is 0.269 e. The van der Waals surface area contributed by atoms with E-state index in [-0.39, 0.29) is 24.7 Å². The molecule has 1 aliphatic heterocycles. The van der Waals surface area contributed by atoms with Crippen LogP contribution in [0.2, 0.25) is 0 Å². The Morgan fingerprint density at radius 1 is 1.19 bits per heavy atom. The van der Waals surface area contributed by atoms with E-state index in [2.05, 4.69) is 20.5 Å². The lowest BCUT2D eigenvalue weighted by Gasteiger charge is -2.29. The average Bonchev–Trinajstić information content (AvgIpc) is 3.40. The van der Waals surface area contributed by atoms with E-state index in [9.17, 15) is 14.9 Å². The normalized spacial score (nSPS) is 13.9. The zero-order chi connectivity index (χ0) is 21.8. The average molecular weight is 426 g/mol. The molecule has 11 nitrogen and oxygen atoms in total. The fourth-order valence-electron chi connectivity index (χ4n) is 3.42. The predicted molar refractivity (Wildman–Crippen MR) is 110 cm³/mol. The third-order valence-electron chi connectivity index (χ3n) is 4.96. The number of morpholine rings is 1. The van der Waals surface area contributed by atoms with Crippen molar-refractivity contribution in [3.05, 3.63) is 58.0 Å². The molecule has 0 spiro atoms. The fourth-order valence-corrected chi connectivity index (χ4v) is 3.42. The van der Waals surface area contributed by atoms with E-state index in [0.29, 0.717) is 24.7 Å². The number of hydrogen-bond donors (Lipinski definition) is 1. The van der Waals surface area contributed by atoms with Crippen LogP contribution in [-0.2, 0) is 22.6 Å². The number of aryl methyl sites for hydroxylation is 1. The van der Waals surface area contributed by atoms with Gasteiger partial charge in [0.25, 0.3) is 5.69 Å². The first-order valence-corrected chi connectivity index (χ1v) is 9.84. The van der Waals surface area contributed by atoms with E-state index < -0.39 is 4.92 Å². The summed E-state index contributed by atoms with van der Waals surface area (Å²) in [6.07, 6.45) is 0. The van der Waals surface area contributed by atoms with Gasteiger partial charge in [-0.05, 0) is 31.2 Å². The first-order valence-electron chi connectivity index (χ1n) is 9.84. The predicted octanol–water partition coefficient (Wildman–Crippen LogP) is 1.91. The van der Waals surface area contributed by atoms with Crippen molar-refractivity contribution < 1.29 is 18.9 Å². The Balaban J connectivity index is 1.35. The molecule has 0 unspecified atom stereocenters. The van der Waals surface area contributed by atoms with Crippen molar-refractivity contribution >= 4 is 17.4 Å². The van der Waals surface area contributed by atoms with Gasteiger partial charge in [-0.3, -0.25) is 14.9 Å². The number of nitrogens with zero attached hydrogens (tertiary/aromatic N) is 5. The molecule has 3 aromatic rings. The molecule has 0 radical (unpaired) electrons. The second-order valence-corrected chi connectivity index (χ2v) is 7.10. The Bertz CT molecular complexity index is 1070. The number of carbonyl (C=O) groups is 1. The lowest BCUT2D eigenvalue weighted by atomic mass is 10.1. The van der Waals surface area contributed by atoms with Crippen LogP contribution in [0, 0.1) is 17.0 Å². The first-order chi connectivity index (χ1) is 15.0. The van der Waals surface area contributed by atoms with Crippen LogP contribution in [0.5, 0.6) is 0 Å². The van der Waals surface area contributed by atoms with Crippen LogP contribution < -0.4 is 10.2 Å².